The predicted molar refractivity (Wildman–Crippen MR) is 46.7 cm³/mol. The SMILES string of the molecule is O=S(=O)(c1cn[nH]c1-n1cncn1)C(F)(F)F. The Hall–Kier alpha value is -1.91. The van der Waals surface area contributed by atoms with Crippen LogP contribution in [0, 0.1) is 0 Å². The Labute approximate surface area is 92.2 Å². The Kier molecular flexibility index (Phi) is 2.41. The van der Waals surface area contributed by atoms with Gasteiger partial charge in [-0.05, 0) is 0 Å². The number of hydrogen-bond acceptors (Lipinski definition) is 5. The molecular weight excluding hydrogens is 263 g/mol. The van der Waals surface area contributed by atoms with Gasteiger partial charge in [-0.25, -0.2) is 18.1 Å². The molecule has 0 saturated carbocycles. The minimum absolute atomic E-state index is 0.417. The van der Waals surface area contributed by atoms with Crippen LogP contribution in [0.2, 0.25) is 0 Å². The van der Waals surface area contributed by atoms with Crippen molar-refractivity contribution in [1.29, 1.82) is 0 Å². The number of nitrogens with one attached hydrogen (secondary N) is 1. The van der Waals surface area contributed by atoms with Gasteiger partial charge in [-0.1, -0.05) is 0 Å². The first-order chi connectivity index (χ1) is 7.84. The maximum atomic E-state index is 12.3. The highest BCUT2D eigenvalue weighted by atomic mass is 32.2. The number of aromatic nitrogens is 5. The first kappa shape index (κ1) is 11.6. The highest BCUT2D eigenvalue weighted by molar-refractivity contribution is 7.92. The van der Waals surface area contributed by atoms with E-state index in [1.165, 1.54) is 0 Å². The number of alkyl halides is 3. The van der Waals surface area contributed by atoms with Gasteiger partial charge in [0.05, 0.1) is 6.20 Å². The van der Waals surface area contributed by atoms with E-state index in [-0.39, 0.29) is 0 Å². The third-order valence-electron chi connectivity index (χ3n) is 1.83. The molecule has 0 atom stereocenters. The second kappa shape index (κ2) is 3.55. The van der Waals surface area contributed by atoms with E-state index in [1.54, 1.807) is 0 Å². The summed E-state index contributed by atoms with van der Waals surface area (Å²) in [4.78, 5) is 2.49. The fourth-order valence-corrected chi connectivity index (χ4v) is 1.91. The van der Waals surface area contributed by atoms with Gasteiger partial charge in [0.15, 0.2) is 5.82 Å². The molecule has 0 saturated heterocycles. The maximum absolute atomic E-state index is 12.3. The molecule has 0 radical (unpaired) electrons. The smallest absolute Gasteiger partial charge is 0.260 e. The molecule has 0 spiro atoms. The van der Waals surface area contributed by atoms with Crippen molar-refractivity contribution in [3.8, 4) is 5.82 Å². The van der Waals surface area contributed by atoms with E-state index in [4.69, 9.17) is 0 Å². The first-order valence-corrected chi connectivity index (χ1v) is 5.52. The van der Waals surface area contributed by atoms with Gasteiger partial charge in [0, 0.05) is 0 Å². The van der Waals surface area contributed by atoms with E-state index in [2.05, 4.69) is 20.3 Å². The molecule has 2 rings (SSSR count). The van der Waals surface area contributed by atoms with Gasteiger partial charge in [0.1, 0.15) is 17.6 Å². The first-order valence-electron chi connectivity index (χ1n) is 4.04. The lowest BCUT2D eigenvalue weighted by Crippen LogP contribution is -2.24. The quantitative estimate of drug-likeness (QED) is 0.843. The molecule has 1 N–H and O–H groups in total. The summed E-state index contributed by atoms with van der Waals surface area (Å²) in [7, 11) is -5.47. The molecule has 0 aliphatic rings. The fraction of sp³-hybridized carbons (Fsp3) is 0.167. The summed E-state index contributed by atoms with van der Waals surface area (Å²) in [6.45, 7) is 0. The van der Waals surface area contributed by atoms with Crippen LogP contribution in [0.25, 0.3) is 5.82 Å². The van der Waals surface area contributed by atoms with E-state index < -0.39 is 26.1 Å². The molecule has 0 aliphatic heterocycles. The van der Waals surface area contributed by atoms with Crippen molar-refractivity contribution in [2.45, 2.75) is 10.4 Å². The summed E-state index contributed by atoms with van der Waals surface area (Å²) in [5.41, 5.74) is -5.40. The molecule has 17 heavy (non-hydrogen) atoms. The number of sulfone groups is 1. The van der Waals surface area contributed by atoms with Gasteiger partial charge < -0.3 is 0 Å². The highest BCUT2D eigenvalue weighted by Crippen LogP contribution is 2.32. The maximum Gasteiger partial charge on any atom is 0.502 e. The topological polar surface area (TPSA) is 93.5 Å². The minimum atomic E-state index is -5.47. The normalized spacial score (nSPS) is 12.9. The van der Waals surface area contributed by atoms with Crippen molar-refractivity contribution >= 4 is 9.84 Å². The molecule has 2 aromatic rings. The predicted octanol–water partition coefficient (Wildman–Crippen LogP) is 0.284. The molecule has 0 fully saturated rings. The molecule has 92 valence electrons. The number of aromatic amines is 1. The molecule has 0 aromatic carbocycles. The summed E-state index contributed by atoms with van der Waals surface area (Å²) in [5.74, 6) is -0.417. The van der Waals surface area contributed by atoms with Crippen LogP contribution in [0.3, 0.4) is 0 Å². The number of halogens is 3. The second-order valence-electron chi connectivity index (χ2n) is 2.87. The molecule has 11 heteroatoms. The van der Waals surface area contributed by atoms with Gasteiger partial charge >= 0.3 is 5.51 Å². The second-order valence-corrected chi connectivity index (χ2v) is 4.78. The third kappa shape index (κ3) is 1.77. The van der Waals surface area contributed by atoms with Crippen LogP contribution in [0.5, 0.6) is 0 Å². The lowest BCUT2D eigenvalue weighted by molar-refractivity contribution is -0.0436. The average molecular weight is 267 g/mol. The lowest BCUT2D eigenvalue weighted by atomic mass is 10.6. The van der Waals surface area contributed by atoms with Gasteiger partial charge in [0.25, 0.3) is 9.84 Å². The van der Waals surface area contributed by atoms with E-state index in [0.29, 0.717) is 6.20 Å². The molecule has 0 unspecified atom stereocenters. The minimum Gasteiger partial charge on any atom is -0.260 e. The van der Waals surface area contributed by atoms with Crippen LogP contribution in [-0.4, -0.2) is 38.9 Å². The van der Waals surface area contributed by atoms with Crippen LogP contribution in [0.4, 0.5) is 13.2 Å². The van der Waals surface area contributed by atoms with Crippen LogP contribution >= 0.6 is 0 Å². The largest absolute Gasteiger partial charge is 0.502 e. The number of rotatable bonds is 2. The van der Waals surface area contributed by atoms with Gasteiger partial charge in [0.2, 0.25) is 0 Å². The molecule has 7 nitrogen and oxygen atoms in total. The average Bonchev–Trinajstić information content (AvgIpc) is 2.86. The van der Waals surface area contributed by atoms with Crippen LogP contribution in [-0.2, 0) is 9.84 Å². The number of H-pyrrole nitrogens is 1. The van der Waals surface area contributed by atoms with Crippen molar-refractivity contribution in [3.63, 3.8) is 0 Å². The zero-order chi connectivity index (χ0) is 12.7. The molecular formula is C6H4F3N5O2S. The van der Waals surface area contributed by atoms with Gasteiger partial charge in [-0.2, -0.15) is 23.4 Å². The zero-order valence-corrected chi connectivity index (χ0v) is 8.70. The molecule has 0 aliphatic carbocycles. The van der Waals surface area contributed by atoms with Crippen LogP contribution in [0.1, 0.15) is 0 Å². The Balaban J connectivity index is 2.61. The van der Waals surface area contributed by atoms with Crippen molar-refractivity contribution in [2.24, 2.45) is 0 Å². The Morgan fingerprint density at radius 3 is 2.59 bits per heavy atom. The van der Waals surface area contributed by atoms with Crippen LogP contribution in [0.15, 0.2) is 23.7 Å². The monoisotopic (exact) mass is 267 g/mol. The lowest BCUT2D eigenvalue weighted by Gasteiger charge is -2.07. The Morgan fingerprint density at radius 2 is 2.06 bits per heavy atom. The third-order valence-corrected chi connectivity index (χ3v) is 3.31. The summed E-state index contributed by atoms with van der Waals surface area (Å²) < 4.78 is 60.2. The summed E-state index contributed by atoms with van der Waals surface area (Å²) in [6, 6.07) is 0. The molecule has 2 heterocycles. The van der Waals surface area contributed by atoms with Crippen molar-refractivity contribution in [3.05, 3.63) is 18.9 Å². The zero-order valence-electron chi connectivity index (χ0n) is 7.88. The Bertz CT molecular complexity index is 614. The van der Waals surface area contributed by atoms with Gasteiger partial charge in [-0.15, -0.1) is 0 Å². The number of nitrogens with zero attached hydrogens (tertiary/aromatic N) is 4. The number of hydrogen-bond donors (Lipinski definition) is 1. The van der Waals surface area contributed by atoms with Gasteiger partial charge in [-0.3, -0.25) is 5.10 Å². The fourth-order valence-electron chi connectivity index (χ4n) is 1.08. The van der Waals surface area contributed by atoms with Crippen molar-refractivity contribution < 1.29 is 21.6 Å². The van der Waals surface area contributed by atoms with E-state index in [0.717, 1.165) is 17.3 Å². The highest BCUT2D eigenvalue weighted by Gasteiger charge is 2.49. The molecule has 0 amide bonds. The van der Waals surface area contributed by atoms with E-state index in [1.807, 2.05) is 0 Å². The molecule has 2 aromatic heterocycles. The Morgan fingerprint density at radius 1 is 1.35 bits per heavy atom. The summed E-state index contributed by atoms with van der Waals surface area (Å²) >= 11 is 0. The standard InChI is InChI=1S/C6H4F3N5O2S/c7-6(8,9)17(15,16)4-1-11-13-5(4)14-3-10-2-12-14/h1-3H,(H,11,13). The summed E-state index contributed by atoms with van der Waals surface area (Å²) in [6.07, 6.45) is 2.66. The molecule has 0 bridgehead atoms. The van der Waals surface area contributed by atoms with E-state index in [9.17, 15) is 21.6 Å². The van der Waals surface area contributed by atoms with E-state index >= 15 is 0 Å². The van der Waals surface area contributed by atoms with Crippen molar-refractivity contribution in [1.82, 2.24) is 25.0 Å². The van der Waals surface area contributed by atoms with Crippen molar-refractivity contribution in [2.75, 3.05) is 0 Å². The summed E-state index contributed by atoms with van der Waals surface area (Å²) in [5, 5.41) is 8.90. The van der Waals surface area contributed by atoms with Crippen LogP contribution < -0.4 is 0 Å².